The summed E-state index contributed by atoms with van der Waals surface area (Å²) in [6.07, 6.45) is 0. The van der Waals surface area contributed by atoms with Crippen LogP contribution in [0.4, 0.5) is 0 Å². The summed E-state index contributed by atoms with van der Waals surface area (Å²) in [5, 5.41) is 8.71. The van der Waals surface area contributed by atoms with E-state index in [9.17, 15) is 8.42 Å². The molecule has 1 rings (SSSR count). The van der Waals surface area contributed by atoms with Crippen LogP contribution in [0.1, 0.15) is 26.3 Å². The van der Waals surface area contributed by atoms with Crippen molar-refractivity contribution in [3.05, 3.63) is 29.8 Å². The molecule has 1 aromatic carbocycles. The molecule has 0 N–H and O–H groups in total. The van der Waals surface area contributed by atoms with Crippen LogP contribution in [0.3, 0.4) is 0 Å². The van der Waals surface area contributed by atoms with E-state index >= 15 is 0 Å². The van der Waals surface area contributed by atoms with Crippen LogP contribution >= 0.6 is 0 Å². The molecule has 0 aliphatic heterocycles. The molecule has 0 bridgehead atoms. The van der Waals surface area contributed by atoms with E-state index in [1.807, 2.05) is 19.2 Å². The van der Waals surface area contributed by atoms with E-state index < -0.39 is 18.3 Å². The van der Waals surface area contributed by atoms with E-state index in [0.717, 1.165) is 0 Å². The maximum absolute atomic E-state index is 12.7. The first-order chi connectivity index (χ1) is 8.94. The largest absolute Gasteiger partial charge is 0.236 e. The minimum Gasteiger partial charge on any atom is -0.223 e. The molecule has 0 heterocycles. The summed E-state index contributed by atoms with van der Waals surface area (Å²) in [6, 6.07) is 8.05. The summed E-state index contributed by atoms with van der Waals surface area (Å²) < 4.78 is 26.9. The normalized spacial score (nSPS) is 13.3. The van der Waals surface area contributed by atoms with Crippen molar-refractivity contribution in [3.8, 4) is 6.07 Å². The maximum Gasteiger partial charge on any atom is 0.236 e. The van der Waals surface area contributed by atoms with E-state index in [1.165, 1.54) is 24.3 Å². The van der Waals surface area contributed by atoms with Crippen molar-refractivity contribution in [2.45, 2.75) is 43.8 Å². The first kappa shape index (κ1) is 16.9. The minimum absolute atomic E-state index is 0.0680. The average Bonchev–Trinajstić information content (AvgIpc) is 2.36. The van der Waals surface area contributed by atoms with Gasteiger partial charge in [-0.25, -0.2) is 12.4 Å². The van der Waals surface area contributed by atoms with Crippen LogP contribution in [0.2, 0.25) is 18.1 Å². The van der Waals surface area contributed by atoms with Crippen molar-refractivity contribution < 1.29 is 8.42 Å². The third-order valence-electron chi connectivity index (χ3n) is 4.26. The second kappa shape index (κ2) is 5.32. The molecule has 4 nitrogen and oxygen atoms in total. The molecule has 0 atom stereocenters. The molecule has 0 aliphatic carbocycles. The first-order valence-corrected chi connectivity index (χ1v) is 10.8. The SMILES string of the molecule is CN([Si](C)(C)C(C)(C)C)S(=O)(=O)c1ccc(C#N)cc1. The Labute approximate surface area is 123 Å². The van der Waals surface area contributed by atoms with Gasteiger partial charge in [-0.3, -0.25) is 0 Å². The Kier molecular flexibility index (Phi) is 4.49. The maximum atomic E-state index is 12.7. The molecule has 0 unspecified atom stereocenters. The van der Waals surface area contributed by atoms with E-state index in [-0.39, 0.29) is 9.93 Å². The van der Waals surface area contributed by atoms with Gasteiger partial charge in [0.05, 0.1) is 16.5 Å². The molecule has 20 heavy (non-hydrogen) atoms. The van der Waals surface area contributed by atoms with Gasteiger partial charge in [0.25, 0.3) is 0 Å². The number of sulfonamides is 1. The van der Waals surface area contributed by atoms with Gasteiger partial charge in [0.15, 0.2) is 0 Å². The van der Waals surface area contributed by atoms with Gasteiger partial charge in [-0.15, -0.1) is 0 Å². The molecule has 1 aromatic rings. The minimum atomic E-state index is -3.52. The van der Waals surface area contributed by atoms with Crippen LogP contribution in [0, 0.1) is 11.3 Å². The number of benzene rings is 1. The van der Waals surface area contributed by atoms with Crippen molar-refractivity contribution in [1.82, 2.24) is 3.97 Å². The van der Waals surface area contributed by atoms with Gasteiger partial charge in [-0.1, -0.05) is 33.9 Å². The van der Waals surface area contributed by atoms with Gasteiger partial charge < -0.3 is 0 Å². The zero-order valence-corrected chi connectivity index (χ0v) is 14.7. The summed E-state index contributed by atoms with van der Waals surface area (Å²) in [5.41, 5.74) is 0.457. The van der Waals surface area contributed by atoms with Gasteiger partial charge in [-0.2, -0.15) is 5.26 Å². The van der Waals surface area contributed by atoms with Crippen molar-refractivity contribution in [2.75, 3.05) is 7.05 Å². The Morgan fingerprint density at radius 1 is 1.15 bits per heavy atom. The molecule has 0 saturated heterocycles. The van der Waals surface area contributed by atoms with Crippen LogP contribution in [-0.4, -0.2) is 27.7 Å². The molecule has 0 spiro atoms. The second-order valence-electron chi connectivity index (χ2n) is 6.42. The fourth-order valence-corrected chi connectivity index (χ4v) is 6.91. The quantitative estimate of drug-likeness (QED) is 0.806. The van der Waals surface area contributed by atoms with Crippen LogP contribution in [-0.2, 0) is 10.0 Å². The van der Waals surface area contributed by atoms with E-state index in [4.69, 9.17) is 5.26 Å². The van der Waals surface area contributed by atoms with Gasteiger partial charge in [0, 0.05) is 0 Å². The Morgan fingerprint density at radius 3 is 1.95 bits per heavy atom. The number of nitriles is 1. The monoisotopic (exact) mass is 310 g/mol. The fourth-order valence-electron chi connectivity index (χ4n) is 1.63. The third-order valence-corrected chi connectivity index (χ3v) is 13.2. The van der Waals surface area contributed by atoms with E-state index in [0.29, 0.717) is 5.56 Å². The highest BCUT2D eigenvalue weighted by atomic mass is 32.2. The van der Waals surface area contributed by atoms with Crippen molar-refractivity contribution >= 4 is 18.3 Å². The van der Waals surface area contributed by atoms with E-state index in [2.05, 4.69) is 20.8 Å². The van der Waals surface area contributed by atoms with Gasteiger partial charge >= 0.3 is 0 Å². The second-order valence-corrected chi connectivity index (χ2v) is 14.0. The van der Waals surface area contributed by atoms with Crippen LogP contribution in [0.25, 0.3) is 0 Å². The number of nitrogens with zero attached hydrogens (tertiary/aromatic N) is 2. The summed E-state index contributed by atoms with van der Waals surface area (Å²) in [5.74, 6) is 0. The molecule has 0 aliphatic rings. The lowest BCUT2D eigenvalue weighted by atomic mass is 10.2. The Balaban J connectivity index is 3.26. The van der Waals surface area contributed by atoms with Crippen LogP contribution in [0.5, 0.6) is 0 Å². The molecule has 6 heteroatoms. The Hall–Kier alpha value is -1.16. The zero-order valence-electron chi connectivity index (χ0n) is 12.9. The standard InChI is InChI=1S/C14H22N2O2SSi/c1-14(2,3)20(5,6)16(4)19(17,18)13-9-7-12(11-15)8-10-13/h7-10H,1-6H3. The fraction of sp³-hybridized carbons (Fsp3) is 0.500. The van der Waals surface area contributed by atoms with Crippen LogP contribution in [0.15, 0.2) is 29.2 Å². The lowest BCUT2D eigenvalue weighted by Crippen LogP contribution is -2.55. The summed E-state index contributed by atoms with van der Waals surface area (Å²) >= 11 is 0. The highest BCUT2D eigenvalue weighted by Crippen LogP contribution is 2.39. The molecule has 0 fully saturated rings. The average molecular weight is 310 g/mol. The Morgan fingerprint density at radius 2 is 1.60 bits per heavy atom. The Bertz CT molecular complexity index is 623. The summed E-state index contributed by atoms with van der Waals surface area (Å²) in [6.45, 7) is 10.3. The van der Waals surface area contributed by atoms with Gasteiger partial charge in [0.2, 0.25) is 10.0 Å². The highest BCUT2D eigenvalue weighted by Gasteiger charge is 2.44. The zero-order chi connectivity index (χ0) is 15.8. The summed E-state index contributed by atoms with van der Waals surface area (Å²) in [7, 11) is -4.03. The van der Waals surface area contributed by atoms with Crippen molar-refractivity contribution in [3.63, 3.8) is 0 Å². The lowest BCUT2D eigenvalue weighted by Gasteiger charge is -2.42. The van der Waals surface area contributed by atoms with E-state index in [1.54, 1.807) is 11.0 Å². The number of rotatable bonds is 3. The molecule has 0 aromatic heterocycles. The molecule has 110 valence electrons. The molecular formula is C14H22N2O2SSi. The molecule has 0 saturated carbocycles. The van der Waals surface area contributed by atoms with Gasteiger partial charge in [0.1, 0.15) is 8.24 Å². The smallest absolute Gasteiger partial charge is 0.223 e. The topological polar surface area (TPSA) is 61.2 Å². The third kappa shape index (κ3) is 2.95. The molecule has 0 amide bonds. The van der Waals surface area contributed by atoms with Gasteiger partial charge in [-0.05, 0) is 36.4 Å². The number of hydrogen-bond acceptors (Lipinski definition) is 3. The van der Waals surface area contributed by atoms with Crippen LogP contribution < -0.4 is 0 Å². The number of hydrogen-bond donors (Lipinski definition) is 0. The first-order valence-electron chi connectivity index (χ1n) is 6.44. The molecular weight excluding hydrogens is 288 g/mol. The molecule has 0 radical (unpaired) electrons. The predicted octanol–water partition coefficient (Wildman–Crippen LogP) is 3.18. The predicted molar refractivity (Wildman–Crippen MR) is 83.3 cm³/mol. The van der Waals surface area contributed by atoms with Crippen molar-refractivity contribution in [2.24, 2.45) is 0 Å². The van der Waals surface area contributed by atoms with Crippen molar-refractivity contribution in [1.29, 1.82) is 5.26 Å². The summed E-state index contributed by atoms with van der Waals surface area (Å²) in [4.78, 5) is 0.240. The lowest BCUT2D eigenvalue weighted by molar-refractivity contribution is 0.537. The highest BCUT2D eigenvalue weighted by molar-refractivity contribution is 7.90.